The third-order valence-corrected chi connectivity index (χ3v) is 3.95. The largest absolute Gasteiger partial charge is 0.389 e. The Morgan fingerprint density at radius 2 is 1.96 bits per heavy atom. The quantitative estimate of drug-likeness (QED) is 0.689. The van der Waals surface area contributed by atoms with E-state index in [4.69, 9.17) is 4.74 Å². The Labute approximate surface area is 138 Å². The van der Waals surface area contributed by atoms with Crippen LogP contribution in [0.1, 0.15) is 42.5 Å². The molecule has 1 aliphatic rings. The van der Waals surface area contributed by atoms with Crippen molar-refractivity contribution in [1.29, 1.82) is 0 Å². The lowest BCUT2D eigenvalue weighted by molar-refractivity contribution is 0.0337. The van der Waals surface area contributed by atoms with Crippen LogP contribution >= 0.6 is 0 Å². The molecule has 1 aromatic carbocycles. The summed E-state index contributed by atoms with van der Waals surface area (Å²) in [5.74, 6) is 0.678. The lowest BCUT2D eigenvalue weighted by Crippen LogP contribution is -2.41. The smallest absolute Gasteiger partial charge is 0.315 e. The SMILES string of the molecule is Cc1cc(C)cc(C(C)NC(=O)NCC(O)COCC2CC2)c1. The van der Waals surface area contributed by atoms with Crippen LogP contribution < -0.4 is 10.6 Å². The number of ether oxygens (including phenoxy) is 1. The number of aliphatic hydroxyl groups excluding tert-OH is 1. The first-order valence-corrected chi connectivity index (χ1v) is 8.32. The topological polar surface area (TPSA) is 70.6 Å². The second-order valence-electron chi connectivity index (χ2n) is 6.63. The highest BCUT2D eigenvalue weighted by Crippen LogP contribution is 2.28. The van der Waals surface area contributed by atoms with Crippen LogP contribution in [0.4, 0.5) is 4.79 Å². The molecule has 2 unspecified atom stereocenters. The first-order chi connectivity index (χ1) is 10.9. The van der Waals surface area contributed by atoms with Crippen molar-refractivity contribution in [2.24, 2.45) is 5.92 Å². The van der Waals surface area contributed by atoms with Gasteiger partial charge in [0.05, 0.1) is 18.8 Å². The van der Waals surface area contributed by atoms with E-state index in [-0.39, 0.29) is 25.2 Å². The maximum absolute atomic E-state index is 11.9. The van der Waals surface area contributed by atoms with Gasteiger partial charge in [0.2, 0.25) is 0 Å². The normalized spacial score (nSPS) is 16.7. The summed E-state index contributed by atoms with van der Waals surface area (Å²) in [4.78, 5) is 11.9. The number of aryl methyl sites for hydroxylation is 2. The van der Waals surface area contributed by atoms with E-state index in [1.165, 1.54) is 24.0 Å². The first kappa shape index (κ1) is 17.8. The van der Waals surface area contributed by atoms with E-state index in [2.05, 4.69) is 28.8 Å². The fourth-order valence-electron chi connectivity index (χ4n) is 2.52. The van der Waals surface area contributed by atoms with Crippen LogP contribution in [0, 0.1) is 19.8 Å². The zero-order chi connectivity index (χ0) is 16.8. The zero-order valence-electron chi connectivity index (χ0n) is 14.3. The van der Waals surface area contributed by atoms with Crippen LogP contribution in [0.3, 0.4) is 0 Å². The van der Waals surface area contributed by atoms with Crippen LogP contribution in [0.25, 0.3) is 0 Å². The minimum Gasteiger partial charge on any atom is -0.389 e. The van der Waals surface area contributed by atoms with E-state index in [1.54, 1.807) is 0 Å². The van der Waals surface area contributed by atoms with Crippen molar-refractivity contribution < 1.29 is 14.6 Å². The number of amides is 2. The van der Waals surface area contributed by atoms with Gasteiger partial charge in [-0.15, -0.1) is 0 Å². The van der Waals surface area contributed by atoms with E-state index in [0.29, 0.717) is 12.5 Å². The second-order valence-corrected chi connectivity index (χ2v) is 6.63. The summed E-state index contributed by atoms with van der Waals surface area (Å²) in [6, 6.07) is 5.88. The molecule has 5 nitrogen and oxygen atoms in total. The molecule has 2 rings (SSSR count). The number of hydrogen-bond donors (Lipinski definition) is 3. The molecule has 1 fully saturated rings. The molecule has 1 aromatic rings. The lowest BCUT2D eigenvalue weighted by Gasteiger charge is -2.17. The van der Waals surface area contributed by atoms with Crippen molar-refractivity contribution in [3.05, 3.63) is 34.9 Å². The number of urea groups is 1. The highest BCUT2D eigenvalue weighted by molar-refractivity contribution is 5.74. The van der Waals surface area contributed by atoms with Gasteiger partial charge in [0, 0.05) is 13.2 Å². The average Bonchev–Trinajstić information content (AvgIpc) is 3.28. The maximum Gasteiger partial charge on any atom is 0.315 e. The number of nitrogens with one attached hydrogen (secondary N) is 2. The van der Waals surface area contributed by atoms with Crippen molar-refractivity contribution >= 4 is 6.03 Å². The number of benzene rings is 1. The molecular weight excluding hydrogens is 292 g/mol. The monoisotopic (exact) mass is 320 g/mol. The molecule has 128 valence electrons. The number of carbonyl (C=O) groups is 1. The van der Waals surface area contributed by atoms with E-state index in [9.17, 15) is 9.90 Å². The van der Waals surface area contributed by atoms with Gasteiger partial charge in [-0.05, 0) is 45.1 Å². The summed E-state index contributed by atoms with van der Waals surface area (Å²) in [7, 11) is 0. The van der Waals surface area contributed by atoms with E-state index in [1.807, 2.05) is 20.8 Å². The van der Waals surface area contributed by atoms with Gasteiger partial charge in [0.1, 0.15) is 0 Å². The Morgan fingerprint density at radius 1 is 1.30 bits per heavy atom. The zero-order valence-corrected chi connectivity index (χ0v) is 14.3. The van der Waals surface area contributed by atoms with Gasteiger partial charge in [-0.3, -0.25) is 0 Å². The Balaban J connectivity index is 1.68. The summed E-state index contributed by atoms with van der Waals surface area (Å²) >= 11 is 0. The molecule has 3 N–H and O–H groups in total. The Morgan fingerprint density at radius 3 is 2.57 bits per heavy atom. The number of aliphatic hydroxyl groups is 1. The molecule has 5 heteroatoms. The second kappa shape index (κ2) is 8.31. The Kier molecular flexibility index (Phi) is 6.42. The van der Waals surface area contributed by atoms with Crippen LogP contribution in [0.5, 0.6) is 0 Å². The molecule has 0 aromatic heterocycles. The number of carbonyl (C=O) groups excluding carboxylic acids is 1. The Hall–Kier alpha value is -1.59. The fraction of sp³-hybridized carbons (Fsp3) is 0.611. The third-order valence-electron chi connectivity index (χ3n) is 3.95. The highest BCUT2D eigenvalue weighted by Gasteiger charge is 2.21. The van der Waals surface area contributed by atoms with E-state index >= 15 is 0 Å². The summed E-state index contributed by atoms with van der Waals surface area (Å²) in [5, 5.41) is 15.4. The Bertz CT molecular complexity index is 509. The molecule has 2 amide bonds. The predicted octanol–water partition coefficient (Wildman–Crippen LogP) is 2.45. The molecule has 0 radical (unpaired) electrons. The molecule has 0 spiro atoms. The maximum atomic E-state index is 11.9. The number of hydrogen-bond acceptors (Lipinski definition) is 3. The van der Waals surface area contributed by atoms with E-state index < -0.39 is 6.10 Å². The van der Waals surface area contributed by atoms with Crippen molar-refractivity contribution in [3.63, 3.8) is 0 Å². The third kappa shape index (κ3) is 6.59. The van der Waals surface area contributed by atoms with Gasteiger partial charge in [0.15, 0.2) is 0 Å². The minimum atomic E-state index is -0.670. The lowest BCUT2D eigenvalue weighted by atomic mass is 10.0. The summed E-state index contributed by atoms with van der Waals surface area (Å²) < 4.78 is 5.41. The predicted molar refractivity (Wildman–Crippen MR) is 90.4 cm³/mol. The molecule has 0 heterocycles. The number of rotatable bonds is 8. The highest BCUT2D eigenvalue weighted by atomic mass is 16.5. The molecule has 1 aliphatic carbocycles. The standard InChI is InChI=1S/C18H28N2O3/c1-12-6-13(2)8-16(7-12)14(3)20-18(22)19-9-17(21)11-23-10-15-4-5-15/h6-8,14-15,17,21H,4-5,9-11H2,1-3H3,(H2,19,20,22). The van der Waals surface area contributed by atoms with Gasteiger partial charge in [-0.25, -0.2) is 4.79 Å². The first-order valence-electron chi connectivity index (χ1n) is 8.32. The summed E-state index contributed by atoms with van der Waals surface area (Å²) in [6.07, 6.45) is 1.79. The van der Waals surface area contributed by atoms with Crippen molar-refractivity contribution in [2.45, 2.75) is 45.8 Å². The van der Waals surface area contributed by atoms with Crippen molar-refractivity contribution in [3.8, 4) is 0 Å². The molecule has 2 atom stereocenters. The van der Waals surface area contributed by atoms with Gasteiger partial charge >= 0.3 is 6.03 Å². The fourth-order valence-corrected chi connectivity index (χ4v) is 2.52. The van der Waals surface area contributed by atoms with E-state index in [0.717, 1.165) is 5.56 Å². The molecule has 0 bridgehead atoms. The average molecular weight is 320 g/mol. The molecule has 0 aliphatic heterocycles. The van der Waals surface area contributed by atoms with Crippen LogP contribution in [-0.2, 0) is 4.74 Å². The molecule has 0 saturated heterocycles. The van der Waals surface area contributed by atoms with Crippen LogP contribution in [-0.4, -0.2) is 37.0 Å². The van der Waals surface area contributed by atoms with Gasteiger partial charge in [-0.2, -0.15) is 0 Å². The minimum absolute atomic E-state index is 0.0862. The summed E-state index contributed by atoms with van der Waals surface area (Å²) in [6.45, 7) is 7.21. The molecular formula is C18H28N2O3. The van der Waals surface area contributed by atoms with Gasteiger partial charge in [0.25, 0.3) is 0 Å². The van der Waals surface area contributed by atoms with Gasteiger partial charge < -0.3 is 20.5 Å². The van der Waals surface area contributed by atoms with Gasteiger partial charge in [-0.1, -0.05) is 29.3 Å². The summed E-state index contributed by atoms with van der Waals surface area (Å²) in [5.41, 5.74) is 3.43. The molecule has 1 saturated carbocycles. The molecule has 23 heavy (non-hydrogen) atoms. The van der Waals surface area contributed by atoms with Crippen molar-refractivity contribution in [2.75, 3.05) is 19.8 Å². The van der Waals surface area contributed by atoms with Crippen molar-refractivity contribution in [1.82, 2.24) is 10.6 Å². The van der Waals surface area contributed by atoms with Crippen LogP contribution in [0.15, 0.2) is 18.2 Å². The van der Waals surface area contributed by atoms with Crippen LogP contribution in [0.2, 0.25) is 0 Å².